The second-order valence-corrected chi connectivity index (χ2v) is 6.19. The first-order chi connectivity index (χ1) is 10.8. The summed E-state index contributed by atoms with van der Waals surface area (Å²) in [4.78, 5) is 23.4. The summed E-state index contributed by atoms with van der Waals surface area (Å²) in [5.41, 5.74) is -0.138. The Morgan fingerprint density at radius 1 is 0.696 bits per heavy atom. The Morgan fingerprint density at radius 2 is 1.00 bits per heavy atom. The van der Waals surface area contributed by atoms with Crippen molar-refractivity contribution < 1.29 is 26.4 Å². The Balaban J connectivity index is 2.06. The van der Waals surface area contributed by atoms with E-state index in [4.69, 9.17) is 23.2 Å². The Morgan fingerprint density at radius 3 is 1.30 bits per heavy atom. The van der Waals surface area contributed by atoms with Gasteiger partial charge in [-0.15, -0.1) is 8.42 Å². The van der Waals surface area contributed by atoms with Gasteiger partial charge in [0.15, 0.2) is 0 Å². The molecule has 23 heavy (non-hydrogen) atoms. The number of carbonyl (C=O) groups excluding carboxylic acids is 2. The maximum atomic E-state index is 11.7. The number of halogens is 2. The summed E-state index contributed by atoms with van der Waals surface area (Å²) in [5, 5.41) is 0.720. The third-order valence-electron chi connectivity index (χ3n) is 2.52. The maximum absolute atomic E-state index is 11.7. The summed E-state index contributed by atoms with van der Waals surface area (Å²) in [5.74, 6) is -2.41. The van der Waals surface area contributed by atoms with Crippen molar-refractivity contribution in [3.05, 3.63) is 69.7 Å². The van der Waals surface area contributed by atoms with Gasteiger partial charge >= 0.3 is 22.3 Å². The fraction of sp³-hybridized carbons (Fsp3) is 0. The van der Waals surface area contributed by atoms with E-state index in [-0.39, 0.29) is 11.1 Å². The molecule has 0 fully saturated rings. The van der Waals surface area contributed by atoms with Gasteiger partial charge in [-0.1, -0.05) is 23.2 Å². The van der Waals surface area contributed by atoms with Crippen LogP contribution in [0.15, 0.2) is 48.5 Å². The summed E-state index contributed by atoms with van der Waals surface area (Å²) in [6, 6.07) is 10.6. The summed E-state index contributed by atoms with van der Waals surface area (Å²) < 4.78 is 31.6. The van der Waals surface area contributed by atoms with Gasteiger partial charge in [-0.25, -0.2) is 9.59 Å². The molecule has 0 radical (unpaired) electrons. The van der Waals surface area contributed by atoms with E-state index < -0.39 is 22.3 Å². The van der Waals surface area contributed by atoms with Crippen molar-refractivity contribution in [3.63, 3.8) is 0 Å². The number of hydrogen-bond donors (Lipinski definition) is 0. The van der Waals surface area contributed by atoms with Crippen LogP contribution in [0, 0.1) is 0 Å². The van der Waals surface area contributed by atoms with Crippen LogP contribution in [0.1, 0.15) is 20.7 Å². The second-order valence-electron chi connectivity index (χ2n) is 4.16. The summed E-state index contributed by atoms with van der Waals surface area (Å²) in [6.07, 6.45) is 0. The molecule has 0 saturated carbocycles. The highest BCUT2D eigenvalue weighted by molar-refractivity contribution is 7.82. The molecule has 9 heteroatoms. The van der Waals surface area contributed by atoms with Crippen molar-refractivity contribution in [2.75, 3.05) is 0 Å². The normalized spacial score (nSPS) is 10.9. The SMILES string of the molecule is O=C(OS(=O)(=O)OC(=O)c1ccc(Cl)cc1)c1ccc(Cl)cc1. The lowest BCUT2D eigenvalue weighted by atomic mass is 10.2. The van der Waals surface area contributed by atoms with Crippen LogP contribution in [-0.4, -0.2) is 20.4 Å². The minimum absolute atomic E-state index is 0.0690. The molecule has 6 nitrogen and oxygen atoms in total. The average Bonchev–Trinajstić information content (AvgIpc) is 2.47. The highest BCUT2D eigenvalue weighted by Crippen LogP contribution is 2.14. The van der Waals surface area contributed by atoms with Crippen LogP contribution in [-0.2, 0) is 18.8 Å². The molecule has 2 aromatic carbocycles. The Kier molecular flexibility index (Phi) is 5.25. The van der Waals surface area contributed by atoms with Crippen molar-refractivity contribution >= 4 is 45.5 Å². The van der Waals surface area contributed by atoms with E-state index in [9.17, 15) is 18.0 Å². The minimum Gasteiger partial charge on any atom is -0.311 e. The second kappa shape index (κ2) is 6.99. The topological polar surface area (TPSA) is 86.7 Å². The molecule has 0 aliphatic heterocycles. The van der Waals surface area contributed by atoms with Gasteiger partial charge in [0.25, 0.3) is 0 Å². The molecule has 0 heterocycles. The Labute approximate surface area is 141 Å². The van der Waals surface area contributed by atoms with Crippen LogP contribution >= 0.6 is 23.2 Å². The molecule has 0 unspecified atom stereocenters. The minimum atomic E-state index is -4.86. The van der Waals surface area contributed by atoms with Crippen LogP contribution in [0.4, 0.5) is 0 Å². The van der Waals surface area contributed by atoms with Crippen molar-refractivity contribution in [1.29, 1.82) is 0 Å². The Bertz CT molecular complexity index is 763. The van der Waals surface area contributed by atoms with Gasteiger partial charge in [-0.2, -0.15) is 0 Å². The lowest BCUT2D eigenvalue weighted by Gasteiger charge is -2.06. The molecule has 0 atom stereocenters. The predicted octanol–water partition coefficient (Wildman–Crippen LogP) is 3.25. The first-order valence-corrected chi connectivity index (χ1v) is 8.09. The van der Waals surface area contributed by atoms with E-state index in [0.29, 0.717) is 10.0 Å². The smallest absolute Gasteiger partial charge is 0.311 e. The molecule has 120 valence electrons. The molecular formula is C14H8Cl2O6S. The molecule has 0 saturated heterocycles. The van der Waals surface area contributed by atoms with Crippen molar-refractivity contribution in [2.24, 2.45) is 0 Å². The summed E-state index contributed by atoms with van der Waals surface area (Å²) in [7, 11) is -4.86. The van der Waals surface area contributed by atoms with Crippen LogP contribution < -0.4 is 0 Å². The van der Waals surface area contributed by atoms with Crippen LogP contribution in [0.25, 0.3) is 0 Å². The zero-order valence-corrected chi connectivity index (χ0v) is 13.6. The first-order valence-electron chi connectivity index (χ1n) is 6.00. The molecule has 0 amide bonds. The molecule has 0 bridgehead atoms. The lowest BCUT2D eigenvalue weighted by Crippen LogP contribution is -2.19. The van der Waals surface area contributed by atoms with E-state index in [2.05, 4.69) is 8.37 Å². The fourth-order valence-electron chi connectivity index (χ4n) is 1.47. The fourth-order valence-corrected chi connectivity index (χ4v) is 2.32. The highest BCUT2D eigenvalue weighted by atomic mass is 35.5. The molecule has 2 aromatic rings. The largest absolute Gasteiger partial charge is 0.506 e. The van der Waals surface area contributed by atoms with Crippen LogP contribution in [0.2, 0.25) is 10.0 Å². The highest BCUT2D eigenvalue weighted by Gasteiger charge is 2.24. The van der Waals surface area contributed by atoms with Crippen LogP contribution in [0.5, 0.6) is 0 Å². The third-order valence-corrected chi connectivity index (χ3v) is 3.73. The van der Waals surface area contributed by atoms with Gasteiger partial charge in [0.1, 0.15) is 0 Å². The molecule has 0 spiro atoms. The van der Waals surface area contributed by atoms with Crippen molar-refractivity contribution in [2.45, 2.75) is 0 Å². The predicted molar refractivity (Wildman–Crippen MR) is 82.7 cm³/mol. The summed E-state index contributed by atoms with van der Waals surface area (Å²) >= 11 is 11.3. The molecule has 0 aromatic heterocycles. The average molecular weight is 375 g/mol. The van der Waals surface area contributed by atoms with E-state index in [1.807, 2.05) is 0 Å². The van der Waals surface area contributed by atoms with Crippen molar-refractivity contribution in [1.82, 2.24) is 0 Å². The quantitative estimate of drug-likeness (QED) is 0.815. The van der Waals surface area contributed by atoms with Crippen molar-refractivity contribution in [3.8, 4) is 0 Å². The Hall–Kier alpha value is -2.09. The zero-order valence-electron chi connectivity index (χ0n) is 11.2. The molecule has 2 rings (SSSR count). The van der Waals surface area contributed by atoms with Gasteiger partial charge in [0, 0.05) is 10.0 Å². The van der Waals surface area contributed by atoms with Gasteiger partial charge in [0.05, 0.1) is 11.1 Å². The first kappa shape index (κ1) is 17.3. The molecule has 0 N–H and O–H groups in total. The zero-order chi connectivity index (χ0) is 17.0. The number of carbonyl (C=O) groups is 2. The van der Waals surface area contributed by atoms with Gasteiger partial charge in [-0.05, 0) is 48.5 Å². The van der Waals surface area contributed by atoms with Gasteiger partial charge in [-0.3, -0.25) is 0 Å². The monoisotopic (exact) mass is 374 g/mol. The molecule has 0 aliphatic carbocycles. The van der Waals surface area contributed by atoms with E-state index in [1.54, 1.807) is 0 Å². The van der Waals surface area contributed by atoms with Crippen LogP contribution in [0.3, 0.4) is 0 Å². The van der Waals surface area contributed by atoms with Gasteiger partial charge < -0.3 is 8.37 Å². The third kappa shape index (κ3) is 4.95. The molecule has 0 aliphatic rings. The lowest BCUT2D eigenvalue weighted by molar-refractivity contribution is 0.0648. The number of rotatable bonds is 4. The molecular weight excluding hydrogens is 367 g/mol. The van der Waals surface area contributed by atoms with Gasteiger partial charge in [0.2, 0.25) is 0 Å². The summed E-state index contributed by atoms with van der Waals surface area (Å²) in [6.45, 7) is 0. The van der Waals surface area contributed by atoms with E-state index >= 15 is 0 Å². The standard InChI is InChI=1S/C14H8Cl2O6S/c15-11-5-1-9(2-6-11)13(17)21-23(19,20)22-14(18)10-3-7-12(16)8-4-10/h1-8H. The van der Waals surface area contributed by atoms with E-state index in [1.165, 1.54) is 48.5 Å². The number of hydrogen-bond acceptors (Lipinski definition) is 6. The van der Waals surface area contributed by atoms with E-state index in [0.717, 1.165) is 0 Å². The number of benzene rings is 2. The maximum Gasteiger partial charge on any atom is 0.506 e.